The molecule has 0 unspecified atom stereocenters. The average Bonchev–Trinajstić information content (AvgIpc) is 3.34. The van der Waals surface area contributed by atoms with Crippen LogP contribution in [0.5, 0.6) is 0 Å². The van der Waals surface area contributed by atoms with Gasteiger partial charge in [0.1, 0.15) is 11.8 Å². The summed E-state index contributed by atoms with van der Waals surface area (Å²) < 4.78 is 1.95. The van der Waals surface area contributed by atoms with Gasteiger partial charge in [0, 0.05) is 24.3 Å². The molecule has 0 amide bonds. The number of aromatic amines is 1. The Morgan fingerprint density at radius 2 is 2.07 bits per heavy atom. The Labute approximate surface area is 154 Å². The van der Waals surface area contributed by atoms with Crippen LogP contribution in [0.2, 0.25) is 0 Å². The molecule has 8 heteroatoms. The molecular weight excluding hydrogens is 340 g/mol. The lowest BCUT2D eigenvalue weighted by Crippen LogP contribution is -2.08. The lowest BCUT2D eigenvalue weighted by Gasteiger charge is -2.07. The Bertz CT molecular complexity index is 1210. The van der Waals surface area contributed by atoms with E-state index in [1.807, 2.05) is 35.0 Å². The third-order valence-corrected chi connectivity index (χ3v) is 4.41. The molecule has 5 rings (SSSR count). The first kappa shape index (κ1) is 15.4. The summed E-state index contributed by atoms with van der Waals surface area (Å²) in [6.45, 7) is 0.728. The number of benzene rings is 1. The monoisotopic (exact) mass is 356 g/mol. The second-order valence-corrected chi connectivity index (χ2v) is 6.20. The van der Waals surface area contributed by atoms with Crippen molar-refractivity contribution in [2.45, 2.75) is 6.42 Å². The van der Waals surface area contributed by atoms with Gasteiger partial charge in [-0.3, -0.25) is 14.6 Å². The summed E-state index contributed by atoms with van der Waals surface area (Å²) in [6, 6.07) is 10.1. The number of imidazole rings is 1. The van der Waals surface area contributed by atoms with E-state index in [1.54, 1.807) is 24.9 Å². The van der Waals surface area contributed by atoms with Gasteiger partial charge < -0.3 is 5.32 Å². The molecule has 0 bridgehead atoms. The van der Waals surface area contributed by atoms with Crippen LogP contribution >= 0.6 is 0 Å². The fourth-order valence-electron chi connectivity index (χ4n) is 3.02. The Morgan fingerprint density at radius 1 is 1.07 bits per heavy atom. The van der Waals surface area contributed by atoms with Crippen LogP contribution < -0.4 is 5.32 Å². The van der Waals surface area contributed by atoms with Crippen LogP contribution in [-0.4, -0.2) is 41.2 Å². The molecule has 0 spiro atoms. The van der Waals surface area contributed by atoms with E-state index in [9.17, 15) is 0 Å². The van der Waals surface area contributed by atoms with Crippen LogP contribution in [0, 0.1) is 0 Å². The summed E-state index contributed by atoms with van der Waals surface area (Å²) in [5.41, 5.74) is 4.61. The second-order valence-electron chi connectivity index (χ2n) is 6.20. The molecule has 4 aromatic heterocycles. The molecule has 0 fully saturated rings. The molecule has 0 aliphatic heterocycles. The standard InChI is InChI=1S/C19H16N8/c1-2-13(9-20-6-1)5-7-21-19-22-11-17-18(25-19)27(12-23-17)15-4-3-14-10-24-26-16(14)8-15/h1-4,6,8-12H,5,7H2,(H,24,26)(H,21,22,25). The number of H-pyrrole nitrogens is 1. The number of nitrogens with zero attached hydrogens (tertiary/aromatic N) is 6. The second kappa shape index (κ2) is 6.49. The zero-order valence-electron chi connectivity index (χ0n) is 14.4. The number of rotatable bonds is 5. The highest BCUT2D eigenvalue weighted by Gasteiger charge is 2.09. The fraction of sp³-hybridized carbons (Fsp3) is 0.105. The van der Waals surface area contributed by atoms with Gasteiger partial charge in [-0.2, -0.15) is 10.1 Å². The number of aromatic nitrogens is 7. The maximum absolute atomic E-state index is 4.65. The molecule has 132 valence electrons. The zero-order chi connectivity index (χ0) is 18.1. The van der Waals surface area contributed by atoms with E-state index in [4.69, 9.17) is 0 Å². The first-order chi connectivity index (χ1) is 13.4. The Morgan fingerprint density at radius 3 is 3.00 bits per heavy atom. The maximum Gasteiger partial charge on any atom is 0.224 e. The van der Waals surface area contributed by atoms with Crippen molar-refractivity contribution in [3.05, 3.63) is 67.0 Å². The van der Waals surface area contributed by atoms with Gasteiger partial charge in [-0.15, -0.1) is 0 Å². The van der Waals surface area contributed by atoms with E-state index in [1.165, 1.54) is 5.56 Å². The third kappa shape index (κ3) is 2.97. The van der Waals surface area contributed by atoms with Crippen molar-refractivity contribution in [3.8, 4) is 5.69 Å². The molecule has 4 heterocycles. The van der Waals surface area contributed by atoms with E-state index in [-0.39, 0.29) is 0 Å². The van der Waals surface area contributed by atoms with E-state index in [0.717, 1.165) is 40.7 Å². The number of hydrogen-bond donors (Lipinski definition) is 2. The van der Waals surface area contributed by atoms with Crippen molar-refractivity contribution in [1.29, 1.82) is 0 Å². The predicted molar refractivity (Wildman–Crippen MR) is 103 cm³/mol. The Kier molecular flexibility index (Phi) is 3.71. The minimum atomic E-state index is 0.579. The van der Waals surface area contributed by atoms with Crippen molar-refractivity contribution in [3.63, 3.8) is 0 Å². The van der Waals surface area contributed by atoms with E-state index in [2.05, 4.69) is 41.5 Å². The SMILES string of the molecule is c1cncc(CCNc2ncc3ncn(-c4ccc5cn[nH]c5c4)c3n2)c1. The quantitative estimate of drug-likeness (QED) is 0.502. The lowest BCUT2D eigenvalue weighted by atomic mass is 10.2. The van der Waals surface area contributed by atoms with Crippen LogP contribution in [0.15, 0.2) is 61.4 Å². The lowest BCUT2D eigenvalue weighted by molar-refractivity contribution is 0.974. The zero-order valence-corrected chi connectivity index (χ0v) is 14.4. The van der Waals surface area contributed by atoms with Gasteiger partial charge in [0.15, 0.2) is 5.65 Å². The molecule has 2 N–H and O–H groups in total. The first-order valence-electron chi connectivity index (χ1n) is 8.63. The molecule has 0 aliphatic rings. The summed E-state index contributed by atoms with van der Waals surface area (Å²) in [5, 5.41) is 11.4. The number of pyridine rings is 1. The molecular formula is C19H16N8. The van der Waals surface area contributed by atoms with E-state index >= 15 is 0 Å². The minimum Gasteiger partial charge on any atom is -0.354 e. The molecule has 27 heavy (non-hydrogen) atoms. The van der Waals surface area contributed by atoms with E-state index in [0.29, 0.717) is 5.95 Å². The summed E-state index contributed by atoms with van der Waals surface area (Å²) in [4.78, 5) is 17.5. The molecule has 0 atom stereocenters. The normalized spacial score (nSPS) is 11.3. The molecule has 0 saturated heterocycles. The van der Waals surface area contributed by atoms with Crippen LogP contribution in [0.3, 0.4) is 0 Å². The van der Waals surface area contributed by atoms with Crippen molar-refractivity contribution in [2.24, 2.45) is 0 Å². The highest BCUT2D eigenvalue weighted by Crippen LogP contribution is 2.20. The molecule has 1 aromatic carbocycles. The highest BCUT2D eigenvalue weighted by molar-refractivity contribution is 5.81. The Balaban J connectivity index is 1.42. The van der Waals surface area contributed by atoms with Gasteiger partial charge in [0.25, 0.3) is 0 Å². The number of fused-ring (bicyclic) bond motifs is 2. The van der Waals surface area contributed by atoms with Crippen molar-refractivity contribution >= 4 is 28.0 Å². The molecule has 0 saturated carbocycles. The van der Waals surface area contributed by atoms with Crippen LogP contribution in [0.4, 0.5) is 5.95 Å². The smallest absolute Gasteiger partial charge is 0.224 e. The summed E-state index contributed by atoms with van der Waals surface area (Å²) >= 11 is 0. The largest absolute Gasteiger partial charge is 0.354 e. The van der Waals surface area contributed by atoms with Crippen molar-refractivity contribution in [2.75, 3.05) is 11.9 Å². The van der Waals surface area contributed by atoms with Crippen molar-refractivity contribution in [1.82, 2.24) is 34.7 Å². The van der Waals surface area contributed by atoms with Crippen LogP contribution in [0.1, 0.15) is 5.56 Å². The Hall–Kier alpha value is -3.81. The molecule has 0 radical (unpaired) electrons. The topological polar surface area (TPSA) is 97.2 Å². The molecule has 8 nitrogen and oxygen atoms in total. The maximum atomic E-state index is 4.65. The molecule has 0 aliphatic carbocycles. The number of hydrogen-bond acceptors (Lipinski definition) is 6. The average molecular weight is 356 g/mol. The molecule has 5 aromatic rings. The van der Waals surface area contributed by atoms with Gasteiger partial charge in [-0.25, -0.2) is 9.97 Å². The summed E-state index contributed by atoms with van der Waals surface area (Å²) in [7, 11) is 0. The van der Waals surface area contributed by atoms with Crippen molar-refractivity contribution < 1.29 is 0 Å². The van der Waals surface area contributed by atoms with Gasteiger partial charge in [-0.1, -0.05) is 6.07 Å². The predicted octanol–water partition coefficient (Wildman–Crippen LogP) is 2.74. The van der Waals surface area contributed by atoms with Crippen LogP contribution in [-0.2, 0) is 6.42 Å². The van der Waals surface area contributed by atoms with Gasteiger partial charge in [-0.05, 0) is 36.2 Å². The highest BCUT2D eigenvalue weighted by atomic mass is 15.2. The number of anilines is 1. The van der Waals surface area contributed by atoms with Gasteiger partial charge >= 0.3 is 0 Å². The first-order valence-corrected chi connectivity index (χ1v) is 8.63. The van der Waals surface area contributed by atoms with Gasteiger partial charge in [0.2, 0.25) is 5.95 Å². The van der Waals surface area contributed by atoms with E-state index < -0.39 is 0 Å². The summed E-state index contributed by atoms with van der Waals surface area (Å²) in [6.07, 6.45) is 9.79. The number of nitrogens with one attached hydrogen (secondary N) is 2. The summed E-state index contributed by atoms with van der Waals surface area (Å²) in [5.74, 6) is 0.579. The fourth-order valence-corrected chi connectivity index (χ4v) is 3.02. The third-order valence-electron chi connectivity index (χ3n) is 4.41. The van der Waals surface area contributed by atoms with Gasteiger partial charge in [0.05, 0.1) is 23.6 Å². The minimum absolute atomic E-state index is 0.579. The van der Waals surface area contributed by atoms with Crippen LogP contribution in [0.25, 0.3) is 27.8 Å².